The predicted molar refractivity (Wildman–Crippen MR) is 98.9 cm³/mol. The van der Waals surface area contributed by atoms with E-state index in [-0.39, 0.29) is 23.0 Å². The summed E-state index contributed by atoms with van der Waals surface area (Å²) >= 11 is 0. The van der Waals surface area contributed by atoms with Crippen molar-refractivity contribution in [1.82, 2.24) is 9.55 Å². The van der Waals surface area contributed by atoms with Crippen LogP contribution in [0.2, 0.25) is 0 Å². The lowest BCUT2D eigenvalue weighted by atomic mass is 10.1. The second-order valence-corrected chi connectivity index (χ2v) is 7.56. The number of anilines is 1. The number of carbonyl (C=O) groups is 1. The average Bonchev–Trinajstić information content (AvgIpc) is 2.60. The van der Waals surface area contributed by atoms with E-state index >= 15 is 0 Å². The first-order valence-corrected chi connectivity index (χ1v) is 8.69. The standard InChI is InChI=1S/C18H23FN4O4/c1-18(2,3)23-9-12(17(25)26)14(24)11-6-13(19)16(21-15(11)23)22-4-5-27-10(7-20)8-22/h6,9-10H,4-5,7-8,20H2,1-3H3,(H,25,26). The van der Waals surface area contributed by atoms with Crippen molar-refractivity contribution in [3.63, 3.8) is 0 Å². The van der Waals surface area contributed by atoms with E-state index in [1.165, 1.54) is 6.20 Å². The van der Waals surface area contributed by atoms with Crippen molar-refractivity contribution in [2.45, 2.75) is 32.4 Å². The van der Waals surface area contributed by atoms with E-state index in [0.717, 1.165) is 6.07 Å². The molecule has 146 valence electrons. The van der Waals surface area contributed by atoms with E-state index in [4.69, 9.17) is 10.5 Å². The summed E-state index contributed by atoms with van der Waals surface area (Å²) in [7, 11) is 0. The van der Waals surface area contributed by atoms with Gasteiger partial charge < -0.3 is 25.0 Å². The molecule has 1 fully saturated rings. The van der Waals surface area contributed by atoms with Crippen LogP contribution in [0, 0.1) is 5.82 Å². The van der Waals surface area contributed by atoms with Crippen molar-refractivity contribution in [1.29, 1.82) is 0 Å². The summed E-state index contributed by atoms with van der Waals surface area (Å²) in [5.74, 6) is -1.94. The zero-order valence-corrected chi connectivity index (χ0v) is 15.5. The van der Waals surface area contributed by atoms with Crippen molar-refractivity contribution < 1.29 is 19.0 Å². The Morgan fingerprint density at radius 2 is 2.19 bits per heavy atom. The first-order chi connectivity index (χ1) is 12.6. The second-order valence-electron chi connectivity index (χ2n) is 7.56. The molecule has 27 heavy (non-hydrogen) atoms. The van der Waals surface area contributed by atoms with Gasteiger partial charge in [0.05, 0.1) is 18.1 Å². The zero-order valence-electron chi connectivity index (χ0n) is 15.5. The Balaban J connectivity index is 2.25. The number of rotatable bonds is 3. The quantitative estimate of drug-likeness (QED) is 0.824. The summed E-state index contributed by atoms with van der Waals surface area (Å²) in [4.78, 5) is 30.1. The Labute approximate surface area is 155 Å². The van der Waals surface area contributed by atoms with Gasteiger partial charge in [0.1, 0.15) is 11.2 Å². The minimum atomic E-state index is -1.36. The van der Waals surface area contributed by atoms with Gasteiger partial charge in [-0.2, -0.15) is 0 Å². The maximum Gasteiger partial charge on any atom is 0.341 e. The fourth-order valence-electron chi connectivity index (χ4n) is 3.15. The SMILES string of the molecule is CC(C)(C)n1cc(C(=O)O)c(=O)c2cc(F)c(N3CCOC(CN)C3)nc21. The van der Waals surface area contributed by atoms with Gasteiger partial charge in [0.2, 0.25) is 5.43 Å². The van der Waals surface area contributed by atoms with Gasteiger partial charge in [-0.25, -0.2) is 14.2 Å². The number of hydrogen-bond donors (Lipinski definition) is 2. The second kappa shape index (κ2) is 6.90. The van der Waals surface area contributed by atoms with Gasteiger partial charge in [-0.1, -0.05) is 0 Å². The van der Waals surface area contributed by atoms with E-state index in [0.29, 0.717) is 26.2 Å². The van der Waals surface area contributed by atoms with Crippen molar-refractivity contribution in [2.24, 2.45) is 5.73 Å². The number of morpholine rings is 1. The number of pyridine rings is 2. The van der Waals surface area contributed by atoms with Crippen molar-refractivity contribution in [2.75, 3.05) is 31.1 Å². The third-order valence-corrected chi connectivity index (χ3v) is 4.57. The Morgan fingerprint density at radius 1 is 1.48 bits per heavy atom. The van der Waals surface area contributed by atoms with Gasteiger partial charge in [0.15, 0.2) is 11.6 Å². The Hall–Kier alpha value is -2.52. The number of aromatic carboxylic acids is 1. The van der Waals surface area contributed by atoms with Crippen LogP contribution in [0.4, 0.5) is 10.2 Å². The summed E-state index contributed by atoms with van der Waals surface area (Å²) in [5, 5.41) is 9.28. The van der Waals surface area contributed by atoms with Crippen LogP contribution in [0.3, 0.4) is 0 Å². The lowest BCUT2D eigenvalue weighted by molar-refractivity contribution is 0.0460. The minimum Gasteiger partial charge on any atom is -0.477 e. The molecule has 1 aliphatic heterocycles. The molecule has 0 amide bonds. The molecule has 0 radical (unpaired) electrons. The Morgan fingerprint density at radius 3 is 2.78 bits per heavy atom. The number of halogens is 1. The summed E-state index contributed by atoms with van der Waals surface area (Å²) in [6.45, 7) is 7.09. The summed E-state index contributed by atoms with van der Waals surface area (Å²) in [6.07, 6.45) is 1.04. The number of nitrogens with two attached hydrogens (primary N) is 1. The molecular weight excluding hydrogens is 355 g/mol. The number of aromatic nitrogens is 2. The van der Waals surface area contributed by atoms with E-state index in [9.17, 15) is 19.1 Å². The topological polar surface area (TPSA) is 111 Å². The molecule has 0 spiro atoms. The first kappa shape index (κ1) is 19.2. The van der Waals surface area contributed by atoms with Gasteiger partial charge in [-0.15, -0.1) is 0 Å². The third kappa shape index (κ3) is 3.52. The molecule has 3 heterocycles. The maximum atomic E-state index is 14.8. The Kier molecular flexibility index (Phi) is 4.92. The van der Waals surface area contributed by atoms with E-state index in [2.05, 4.69) is 4.98 Å². The van der Waals surface area contributed by atoms with Crippen LogP contribution in [-0.2, 0) is 10.3 Å². The van der Waals surface area contributed by atoms with Gasteiger partial charge in [-0.05, 0) is 26.8 Å². The van der Waals surface area contributed by atoms with Crippen LogP contribution in [0.15, 0.2) is 17.1 Å². The smallest absolute Gasteiger partial charge is 0.341 e. The molecule has 0 aromatic carbocycles. The average molecular weight is 378 g/mol. The summed E-state index contributed by atoms with van der Waals surface area (Å²) in [5.41, 5.74) is 4.16. The molecule has 3 N–H and O–H groups in total. The molecule has 2 aromatic rings. The zero-order chi connectivity index (χ0) is 19.9. The number of fused-ring (bicyclic) bond motifs is 1. The number of ether oxygens (including phenoxy) is 1. The highest BCUT2D eigenvalue weighted by molar-refractivity contribution is 5.92. The number of nitrogens with zero attached hydrogens (tertiary/aromatic N) is 3. The largest absolute Gasteiger partial charge is 0.477 e. The molecule has 1 unspecified atom stereocenters. The highest BCUT2D eigenvalue weighted by Crippen LogP contribution is 2.26. The number of carboxylic acid groups (broad SMARTS) is 1. The Bertz CT molecular complexity index is 951. The fraction of sp³-hybridized carbons (Fsp3) is 0.500. The van der Waals surface area contributed by atoms with Crippen LogP contribution in [0.5, 0.6) is 0 Å². The molecule has 0 aliphatic carbocycles. The van der Waals surface area contributed by atoms with Crippen LogP contribution in [0.1, 0.15) is 31.1 Å². The monoisotopic (exact) mass is 378 g/mol. The van der Waals surface area contributed by atoms with E-state index < -0.39 is 28.3 Å². The van der Waals surface area contributed by atoms with Gasteiger partial charge >= 0.3 is 5.97 Å². The molecule has 9 heteroatoms. The van der Waals surface area contributed by atoms with E-state index in [1.54, 1.807) is 9.47 Å². The first-order valence-electron chi connectivity index (χ1n) is 8.69. The van der Waals surface area contributed by atoms with Crippen molar-refractivity contribution in [3.05, 3.63) is 33.9 Å². The predicted octanol–water partition coefficient (Wildman–Crippen LogP) is 1.15. The van der Waals surface area contributed by atoms with Gasteiger partial charge in [-0.3, -0.25) is 4.79 Å². The molecule has 1 atom stereocenters. The molecule has 1 aliphatic rings. The lowest BCUT2D eigenvalue weighted by Gasteiger charge is -2.34. The normalized spacial score (nSPS) is 18.1. The molecule has 2 aromatic heterocycles. The van der Waals surface area contributed by atoms with Gasteiger partial charge in [0, 0.05) is 31.4 Å². The van der Waals surface area contributed by atoms with Crippen LogP contribution in [0.25, 0.3) is 11.0 Å². The fourth-order valence-corrected chi connectivity index (χ4v) is 3.15. The molecule has 0 saturated carbocycles. The molecule has 1 saturated heterocycles. The van der Waals surface area contributed by atoms with Crippen molar-refractivity contribution >= 4 is 22.8 Å². The molecule has 8 nitrogen and oxygen atoms in total. The molecule has 0 bridgehead atoms. The molecule has 3 rings (SSSR count). The summed E-state index contributed by atoms with van der Waals surface area (Å²) < 4.78 is 21.9. The maximum absolute atomic E-state index is 14.8. The molecular formula is C18H23FN4O4. The summed E-state index contributed by atoms with van der Waals surface area (Å²) in [6, 6.07) is 1.07. The van der Waals surface area contributed by atoms with Gasteiger partial charge in [0.25, 0.3) is 0 Å². The number of carboxylic acids is 1. The number of hydrogen-bond acceptors (Lipinski definition) is 6. The van der Waals surface area contributed by atoms with Crippen LogP contribution < -0.4 is 16.1 Å². The van der Waals surface area contributed by atoms with Crippen LogP contribution in [-0.4, -0.2) is 53.0 Å². The van der Waals surface area contributed by atoms with Crippen LogP contribution >= 0.6 is 0 Å². The highest BCUT2D eigenvalue weighted by atomic mass is 19.1. The highest BCUT2D eigenvalue weighted by Gasteiger charge is 2.27. The van der Waals surface area contributed by atoms with Crippen molar-refractivity contribution in [3.8, 4) is 0 Å². The van der Waals surface area contributed by atoms with E-state index in [1.807, 2.05) is 20.8 Å². The minimum absolute atomic E-state index is 0.0605. The lowest BCUT2D eigenvalue weighted by Crippen LogP contribution is -2.46. The third-order valence-electron chi connectivity index (χ3n) is 4.57.